The number of methoxy groups -OCH3 is 2. The molecule has 0 bridgehead atoms. The molecule has 1 fully saturated rings. The first-order valence-corrected chi connectivity index (χ1v) is 12.8. The molecule has 208 valence electrons. The minimum Gasteiger partial charge on any atom is -0.493 e. The van der Waals surface area contributed by atoms with Crippen molar-refractivity contribution in [3.05, 3.63) is 67.0 Å². The number of nitrogens with two attached hydrogens (primary N) is 1. The lowest BCUT2D eigenvalue weighted by Crippen LogP contribution is -2.15. The van der Waals surface area contributed by atoms with Crippen LogP contribution in [-0.2, 0) is 0 Å². The van der Waals surface area contributed by atoms with Gasteiger partial charge in [0.25, 0.3) is 5.91 Å². The summed E-state index contributed by atoms with van der Waals surface area (Å²) < 4.78 is 24.3. The van der Waals surface area contributed by atoms with Gasteiger partial charge in [-0.2, -0.15) is 5.10 Å². The number of nitrogen functional groups attached to an aromatic ring is 1. The first-order valence-electron chi connectivity index (χ1n) is 12.8. The van der Waals surface area contributed by atoms with Crippen LogP contribution < -0.4 is 30.0 Å². The summed E-state index contributed by atoms with van der Waals surface area (Å²) in [5.41, 5.74) is 6.92. The number of carbonyl (C=O) groups is 1. The SMILES string of the molecule is COc1cc2nccc(Oc3ccc(NC(=O)c4nn(-c5cnc(N)nc5)cc4OCC4CC4)nc3)c2cc1OC. The van der Waals surface area contributed by atoms with Gasteiger partial charge in [0.1, 0.15) is 23.0 Å². The molecular formula is C28H26N8O5. The third kappa shape index (κ3) is 5.64. The maximum absolute atomic E-state index is 13.2. The van der Waals surface area contributed by atoms with Crippen molar-refractivity contribution in [2.75, 3.05) is 31.9 Å². The number of amides is 1. The Morgan fingerprint density at radius 3 is 2.46 bits per heavy atom. The molecule has 0 spiro atoms. The second kappa shape index (κ2) is 11.0. The first kappa shape index (κ1) is 25.8. The zero-order chi connectivity index (χ0) is 28.3. The van der Waals surface area contributed by atoms with Gasteiger partial charge in [-0.05, 0) is 43.0 Å². The Hall–Kier alpha value is -5.46. The molecule has 1 saturated carbocycles. The van der Waals surface area contributed by atoms with Crippen molar-refractivity contribution in [1.82, 2.24) is 29.7 Å². The van der Waals surface area contributed by atoms with Crippen LogP contribution in [0.25, 0.3) is 16.6 Å². The second-order valence-electron chi connectivity index (χ2n) is 9.31. The number of fused-ring (bicyclic) bond motifs is 1. The van der Waals surface area contributed by atoms with Gasteiger partial charge in [0.05, 0.1) is 51.1 Å². The molecule has 1 aliphatic rings. The summed E-state index contributed by atoms with van der Waals surface area (Å²) in [6, 6.07) is 8.66. The van der Waals surface area contributed by atoms with E-state index in [1.807, 2.05) is 0 Å². The molecule has 0 atom stereocenters. The van der Waals surface area contributed by atoms with E-state index in [4.69, 9.17) is 24.7 Å². The van der Waals surface area contributed by atoms with Crippen molar-refractivity contribution >= 4 is 28.6 Å². The van der Waals surface area contributed by atoms with Crippen molar-refractivity contribution in [2.24, 2.45) is 5.92 Å². The number of rotatable bonds is 10. The van der Waals surface area contributed by atoms with Crippen molar-refractivity contribution in [3.8, 4) is 34.4 Å². The largest absolute Gasteiger partial charge is 0.493 e. The minimum atomic E-state index is -0.478. The number of benzene rings is 1. The maximum atomic E-state index is 13.2. The van der Waals surface area contributed by atoms with E-state index in [-0.39, 0.29) is 11.6 Å². The number of carbonyl (C=O) groups excluding carboxylic acids is 1. The summed E-state index contributed by atoms with van der Waals surface area (Å²) >= 11 is 0. The van der Waals surface area contributed by atoms with Crippen LogP contribution in [0.3, 0.4) is 0 Å². The lowest BCUT2D eigenvalue weighted by molar-refractivity contribution is 0.101. The molecule has 13 heteroatoms. The molecule has 3 N–H and O–H groups in total. The van der Waals surface area contributed by atoms with Gasteiger partial charge in [-0.1, -0.05) is 0 Å². The van der Waals surface area contributed by atoms with Crippen LogP contribution in [-0.4, -0.2) is 56.5 Å². The third-order valence-corrected chi connectivity index (χ3v) is 6.40. The monoisotopic (exact) mass is 554 g/mol. The Bertz CT molecular complexity index is 1700. The van der Waals surface area contributed by atoms with Gasteiger partial charge >= 0.3 is 0 Å². The topological polar surface area (TPSA) is 161 Å². The summed E-state index contributed by atoms with van der Waals surface area (Å²) in [4.78, 5) is 29.9. The average Bonchev–Trinajstić information content (AvgIpc) is 3.73. The van der Waals surface area contributed by atoms with Crippen molar-refractivity contribution < 1.29 is 23.7 Å². The van der Waals surface area contributed by atoms with E-state index in [2.05, 4.69) is 30.4 Å². The fraction of sp³-hybridized carbons (Fsp3) is 0.214. The Balaban J connectivity index is 1.20. The highest BCUT2D eigenvalue weighted by Gasteiger charge is 2.25. The molecule has 1 aliphatic carbocycles. The zero-order valence-electron chi connectivity index (χ0n) is 22.3. The number of anilines is 2. The van der Waals surface area contributed by atoms with E-state index in [1.165, 1.54) is 23.3 Å². The Morgan fingerprint density at radius 1 is 0.976 bits per heavy atom. The van der Waals surface area contributed by atoms with Crippen molar-refractivity contribution in [2.45, 2.75) is 12.8 Å². The molecular weight excluding hydrogens is 528 g/mol. The molecule has 6 rings (SSSR count). The summed E-state index contributed by atoms with van der Waals surface area (Å²) in [5.74, 6) is 2.96. The molecule has 0 radical (unpaired) electrons. The summed E-state index contributed by atoms with van der Waals surface area (Å²) in [6.07, 6.45) is 10.0. The molecule has 0 aliphatic heterocycles. The number of aromatic nitrogens is 6. The van der Waals surface area contributed by atoms with Crippen LogP contribution in [0.1, 0.15) is 23.3 Å². The molecule has 0 saturated heterocycles. The van der Waals surface area contributed by atoms with Gasteiger partial charge in [0.2, 0.25) is 5.95 Å². The van der Waals surface area contributed by atoms with E-state index in [1.54, 1.807) is 56.9 Å². The molecule has 0 unspecified atom stereocenters. The summed E-state index contributed by atoms with van der Waals surface area (Å²) in [5, 5.41) is 7.92. The molecule has 1 aromatic carbocycles. The Labute approximate surface area is 234 Å². The van der Waals surface area contributed by atoms with E-state index < -0.39 is 5.91 Å². The van der Waals surface area contributed by atoms with Crippen molar-refractivity contribution in [3.63, 3.8) is 0 Å². The Kier molecular flexibility index (Phi) is 6.90. The Morgan fingerprint density at radius 2 is 1.76 bits per heavy atom. The maximum Gasteiger partial charge on any atom is 0.281 e. The van der Waals surface area contributed by atoms with Gasteiger partial charge in [-0.15, -0.1) is 0 Å². The number of nitrogens with one attached hydrogen (secondary N) is 1. The predicted octanol–water partition coefficient (Wildman–Crippen LogP) is 4.04. The highest BCUT2D eigenvalue weighted by atomic mass is 16.5. The van der Waals surface area contributed by atoms with E-state index in [9.17, 15) is 4.79 Å². The van der Waals surface area contributed by atoms with Gasteiger partial charge < -0.3 is 30.0 Å². The van der Waals surface area contributed by atoms with Gasteiger partial charge in [0.15, 0.2) is 22.9 Å². The molecule has 4 heterocycles. The first-order chi connectivity index (χ1) is 20.0. The predicted molar refractivity (Wildman–Crippen MR) is 149 cm³/mol. The van der Waals surface area contributed by atoms with Crippen LogP contribution in [0.2, 0.25) is 0 Å². The molecule has 13 nitrogen and oxygen atoms in total. The zero-order valence-corrected chi connectivity index (χ0v) is 22.3. The lowest BCUT2D eigenvalue weighted by Gasteiger charge is -2.12. The van der Waals surface area contributed by atoms with Crippen molar-refractivity contribution in [1.29, 1.82) is 0 Å². The summed E-state index contributed by atoms with van der Waals surface area (Å²) in [7, 11) is 3.13. The van der Waals surface area contributed by atoms with Crippen LogP contribution in [0, 0.1) is 5.92 Å². The second-order valence-corrected chi connectivity index (χ2v) is 9.31. The summed E-state index contributed by atoms with van der Waals surface area (Å²) in [6.45, 7) is 0.511. The van der Waals surface area contributed by atoms with Gasteiger partial charge in [-0.25, -0.2) is 19.6 Å². The molecule has 5 aromatic rings. The third-order valence-electron chi connectivity index (χ3n) is 6.40. The standard InChI is InChI=1S/C28H26N8O5/c1-38-22-9-19-20(10-23(22)39-2)30-8-7-21(19)41-18-5-6-25(31-13-18)34-27(37)26-24(40-15-16-3-4-16)14-36(35-26)17-11-32-28(29)33-12-17/h5-14,16H,3-4,15H2,1-2H3,(H2,29,32,33)(H,31,34,37). The quantitative estimate of drug-likeness (QED) is 0.256. The molecule has 4 aromatic heterocycles. The highest BCUT2D eigenvalue weighted by Crippen LogP contribution is 2.37. The fourth-order valence-electron chi connectivity index (χ4n) is 4.05. The minimum absolute atomic E-state index is 0.109. The highest BCUT2D eigenvalue weighted by molar-refractivity contribution is 6.04. The van der Waals surface area contributed by atoms with E-state index >= 15 is 0 Å². The number of hydrogen-bond acceptors (Lipinski definition) is 11. The number of hydrogen-bond donors (Lipinski definition) is 2. The number of nitrogens with zero attached hydrogens (tertiary/aromatic N) is 6. The molecule has 41 heavy (non-hydrogen) atoms. The number of pyridine rings is 2. The van der Waals surface area contributed by atoms with Crippen LogP contribution in [0.4, 0.5) is 11.8 Å². The van der Waals surface area contributed by atoms with Gasteiger partial charge in [-0.3, -0.25) is 9.78 Å². The molecule has 1 amide bonds. The van der Waals surface area contributed by atoms with Gasteiger partial charge in [0, 0.05) is 17.6 Å². The normalized spacial score (nSPS) is 12.6. The van der Waals surface area contributed by atoms with Crippen LogP contribution >= 0.6 is 0 Å². The fourth-order valence-corrected chi connectivity index (χ4v) is 4.05. The van der Waals surface area contributed by atoms with Crippen LogP contribution in [0.15, 0.2) is 61.3 Å². The van der Waals surface area contributed by atoms with Crippen LogP contribution in [0.5, 0.6) is 28.7 Å². The van der Waals surface area contributed by atoms with E-state index in [0.29, 0.717) is 58.3 Å². The number of ether oxygens (including phenoxy) is 4. The van der Waals surface area contributed by atoms with E-state index in [0.717, 1.165) is 18.2 Å². The average molecular weight is 555 g/mol. The smallest absolute Gasteiger partial charge is 0.281 e. The lowest BCUT2D eigenvalue weighted by atomic mass is 10.2.